The van der Waals surface area contributed by atoms with Gasteiger partial charge in [0, 0.05) is 30.8 Å². The molecule has 0 bridgehead atoms. The highest BCUT2D eigenvalue weighted by molar-refractivity contribution is 7.89. The first-order chi connectivity index (χ1) is 13.4. The second-order valence-electron chi connectivity index (χ2n) is 5.89. The van der Waals surface area contributed by atoms with E-state index in [9.17, 15) is 17.6 Å². The van der Waals surface area contributed by atoms with Crippen LogP contribution in [0.2, 0.25) is 0 Å². The molecule has 3 aromatic rings. The van der Waals surface area contributed by atoms with Crippen molar-refractivity contribution in [3.63, 3.8) is 0 Å². The Morgan fingerprint density at radius 3 is 2.57 bits per heavy atom. The van der Waals surface area contributed by atoms with E-state index < -0.39 is 10.0 Å². The SMILES string of the molecule is COc1cccc(S(=O)(=O)NCCn2cnc(-c3ccc(F)cc3)cc2=O)c1. The average Bonchev–Trinajstić information content (AvgIpc) is 2.70. The molecule has 3 rings (SSSR count). The van der Waals surface area contributed by atoms with Crippen LogP contribution in [0.5, 0.6) is 5.75 Å². The van der Waals surface area contributed by atoms with Crippen LogP contribution in [-0.2, 0) is 16.6 Å². The fourth-order valence-electron chi connectivity index (χ4n) is 2.52. The third-order valence-corrected chi connectivity index (χ3v) is 5.47. The Morgan fingerprint density at radius 1 is 1.14 bits per heavy atom. The summed E-state index contributed by atoms with van der Waals surface area (Å²) in [5.41, 5.74) is 0.692. The van der Waals surface area contributed by atoms with Crippen molar-refractivity contribution in [2.45, 2.75) is 11.4 Å². The lowest BCUT2D eigenvalue weighted by atomic mass is 10.1. The van der Waals surface area contributed by atoms with E-state index in [0.29, 0.717) is 17.0 Å². The third kappa shape index (κ3) is 4.62. The molecule has 9 heteroatoms. The maximum Gasteiger partial charge on any atom is 0.253 e. The Morgan fingerprint density at radius 2 is 1.89 bits per heavy atom. The summed E-state index contributed by atoms with van der Waals surface area (Å²) in [6, 6.07) is 13.1. The zero-order valence-corrected chi connectivity index (χ0v) is 15.8. The molecular formula is C19H18FN3O4S. The number of halogens is 1. The minimum Gasteiger partial charge on any atom is -0.497 e. The average molecular weight is 403 g/mol. The van der Waals surface area contributed by atoms with Crippen molar-refractivity contribution in [3.8, 4) is 17.0 Å². The maximum atomic E-state index is 13.0. The van der Waals surface area contributed by atoms with E-state index in [4.69, 9.17) is 4.74 Å². The highest BCUT2D eigenvalue weighted by Gasteiger charge is 2.14. The number of nitrogens with one attached hydrogen (secondary N) is 1. The summed E-state index contributed by atoms with van der Waals surface area (Å²) in [6.45, 7) is 0.121. The Balaban J connectivity index is 1.67. The van der Waals surface area contributed by atoms with Gasteiger partial charge in [-0.15, -0.1) is 0 Å². The summed E-state index contributed by atoms with van der Waals surface area (Å²) in [4.78, 5) is 16.5. The molecule has 1 heterocycles. The molecule has 0 unspecified atom stereocenters. The van der Waals surface area contributed by atoms with Crippen LogP contribution in [0.3, 0.4) is 0 Å². The van der Waals surface area contributed by atoms with Crippen LogP contribution in [0.1, 0.15) is 0 Å². The van der Waals surface area contributed by atoms with Gasteiger partial charge in [-0.2, -0.15) is 0 Å². The number of methoxy groups -OCH3 is 1. The number of sulfonamides is 1. The van der Waals surface area contributed by atoms with Crippen LogP contribution in [0, 0.1) is 5.82 Å². The van der Waals surface area contributed by atoms with Gasteiger partial charge in [0.15, 0.2) is 0 Å². The number of rotatable bonds is 7. The predicted molar refractivity (Wildman–Crippen MR) is 102 cm³/mol. The van der Waals surface area contributed by atoms with Gasteiger partial charge >= 0.3 is 0 Å². The lowest BCUT2D eigenvalue weighted by Crippen LogP contribution is -2.30. The standard InChI is InChI=1S/C19H18FN3O4S/c1-27-16-3-2-4-17(11-16)28(25,26)22-9-10-23-13-21-18(12-19(23)24)14-5-7-15(20)8-6-14/h2-8,11-13,22H,9-10H2,1H3. The molecule has 0 atom stereocenters. The fourth-order valence-corrected chi connectivity index (χ4v) is 3.58. The van der Waals surface area contributed by atoms with E-state index in [1.165, 1.54) is 60.5 Å². The van der Waals surface area contributed by atoms with Crippen LogP contribution in [0.4, 0.5) is 4.39 Å². The third-order valence-electron chi connectivity index (χ3n) is 4.02. The van der Waals surface area contributed by atoms with Crippen LogP contribution >= 0.6 is 0 Å². The normalized spacial score (nSPS) is 11.4. The molecule has 1 aromatic heterocycles. The van der Waals surface area contributed by atoms with Crippen LogP contribution in [0.25, 0.3) is 11.3 Å². The minimum atomic E-state index is -3.73. The lowest BCUT2D eigenvalue weighted by molar-refractivity contribution is 0.413. The molecule has 2 aromatic carbocycles. The van der Waals surface area contributed by atoms with Gasteiger partial charge in [-0.1, -0.05) is 6.07 Å². The Bertz CT molecular complexity index is 1130. The molecule has 0 saturated heterocycles. The highest BCUT2D eigenvalue weighted by atomic mass is 32.2. The van der Waals surface area contributed by atoms with Crippen molar-refractivity contribution in [1.82, 2.24) is 14.3 Å². The van der Waals surface area contributed by atoms with Gasteiger partial charge in [0.1, 0.15) is 11.6 Å². The molecule has 0 spiro atoms. The van der Waals surface area contributed by atoms with E-state index in [1.807, 2.05) is 0 Å². The van der Waals surface area contributed by atoms with Crippen LogP contribution in [-0.4, -0.2) is 31.6 Å². The van der Waals surface area contributed by atoms with Gasteiger partial charge in [0.25, 0.3) is 5.56 Å². The maximum absolute atomic E-state index is 13.0. The van der Waals surface area contributed by atoms with E-state index in [-0.39, 0.29) is 29.4 Å². The smallest absolute Gasteiger partial charge is 0.253 e. The van der Waals surface area contributed by atoms with Gasteiger partial charge in [-0.25, -0.2) is 22.5 Å². The molecule has 1 N–H and O–H groups in total. The predicted octanol–water partition coefficient (Wildman–Crippen LogP) is 2.04. The number of hydrogen-bond acceptors (Lipinski definition) is 5. The molecule has 28 heavy (non-hydrogen) atoms. The van der Waals surface area contributed by atoms with Crippen molar-refractivity contribution in [1.29, 1.82) is 0 Å². The van der Waals surface area contributed by atoms with Crippen LogP contribution < -0.4 is 15.0 Å². The highest BCUT2D eigenvalue weighted by Crippen LogP contribution is 2.17. The first-order valence-corrected chi connectivity index (χ1v) is 9.83. The zero-order valence-electron chi connectivity index (χ0n) is 15.0. The van der Waals surface area contributed by atoms with Crippen molar-refractivity contribution in [2.75, 3.05) is 13.7 Å². The summed E-state index contributed by atoms with van der Waals surface area (Å²) in [5.74, 6) is 0.0556. The molecule has 0 aliphatic heterocycles. The van der Waals surface area contributed by atoms with E-state index in [1.54, 1.807) is 12.1 Å². The number of nitrogens with zero attached hydrogens (tertiary/aromatic N) is 2. The molecule has 146 valence electrons. The summed E-state index contributed by atoms with van der Waals surface area (Å²) >= 11 is 0. The first kappa shape index (κ1) is 19.7. The zero-order chi connectivity index (χ0) is 20.1. The van der Waals surface area contributed by atoms with Crippen LogP contribution in [0.15, 0.2) is 70.6 Å². The number of hydrogen-bond donors (Lipinski definition) is 1. The van der Waals surface area contributed by atoms with Gasteiger partial charge in [-0.05, 0) is 36.4 Å². The summed E-state index contributed by atoms with van der Waals surface area (Å²) in [7, 11) is -2.28. The Labute approximate surface area is 161 Å². The first-order valence-electron chi connectivity index (χ1n) is 8.35. The quantitative estimate of drug-likeness (QED) is 0.652. The van der Waals surface area contributed by atoms with E-state index in [2.05, 4.69) is 9.71 Å². The van der Waals surface area contributed by atoms with E-state index >= 15 is 0 Å². The van der Waals surface area contributed by atoms with Crippen molar-refractivity contribution in [2.24, 2.45) is 0 Å². The van der Waals surface area contributed by atoms with Crippen molar-refractivity contribution < 1.29 is 17.5 Å². The molecule has 0 fully saturated rings. The second-order valence-corrected chi connectivity index (χ2v) is 7.66. The van der Waals surface area contributed by atoms with Crippen molar-refractivity contribution >= 4 is 10.0 Å². The van der Waals surface area contributed by atoms with Gasteiger partial charge in [0.05, 0.1) is 24.0 Å². The number of aromatic nitrogens is 2. The molecule has 0 aliphatic rings. The van der Waals surface area contributed by atoms with Gasteiger partial charge in [-0.3, -0.25) is 9.36 Å². The minimum absolute atomic E-state index is 0.0109. The second kappa shape index (κ2) is 8.32. The number of ether oxygens (including phenoxy) is 1. The molecular weight excluding hydrogens is 385 g/mol. The Hall–Kier alpha value is -3.04. The topological polar surface area (TPSA) is 90.3 Å². The molecule has 0 aliphatic carbocycles. The lowest BCUT2D eigenvalue weighted by Gasteiger charge is -2.10. The molecule has 7 nitrogen and oxygen atoms in total. The summed E-state index contributed by atoms with van der Waals surface area (Å²) < 4.78 is 46.4. The van der Waals surface area contributed by atoms with E-state index in [0.717, 1.165) is 0 Å². The van der Waals surface area contributed by atoms with Gasteiger partial charge in [0.2, 0.25) is 10.0 Å². The summed E-state index contributed by atoms with van der Waals surface area (Å²) in [6.07, 6.45) is 1.33. The Kier molecular flexibility index (Phi) is 5.86. The van der Waals surface area contributed by atoms with Crippen molar-refractivity contribution in [3.05, 3.63) is 77.1 Å². The molecule has 0 radical (unpaired) electrons. The molecule has 0 saturated carbocycles. The number of benzene rings is 2. The molecule has 0 amide bonds. The largest absolute Gasteiger partial charge is 0.497 e. The monoisotopic (exact) mass is 403 g/mol. The van der Waals surface area contributed by atoms with Gasteiger partial charge < -0.3 is 4.74 Å². The summed E-state index contributed by atoms with van der Waals surface area (Å²) in [5, 5.41) is 0. The fraction of sp³-hybridized carbons (Fsp3) is 0.158.